The van der Waals surface area contributed by atoms with Gasteiger partial charge in [0.2, 0.25) is 11.8 Å². The second-order valence-corrected chi connectivity index (χ2v) is 6.59. The van der Waals surface area contributed by atoms with Crippen LogP contribution in [-0.4, -0.2) is 18.0 Å². The Hall–Kier alpha value is -1.93. The summed E-state index contributed by atoms with van der Waals surface area (Å²) in [7, 11) is 0. The summed E-state index contributed by atoms with van der Waals surface area (Å²) in [4.78, 5) is 23.5. The molecule has 0 radical (unpaired) electrons. The molecule has 2 N–H and O–H groups in total. The first kappa shape index (κ1) is 18.4. The van der Waals surface area contributed by atoms with Gasteiger partial charge in [-0.05, 0) is 58.5 Å². The molecule has 0 bridgehead atoms. The Bertz CT molecular complexity index is 748. The Balaban J connectivity index is 1.72. The minimum atomic E-state index is -0.321. The smallest absolute Gasteiger partial charge is 0.240 e. The topological polar surface area (TPSA) is 70.6 Å². The Labute approximate surface area is 158 Å². The van der Waals surface area contributed by atoms with Gasteiger partial charge in [0.15, 0.2) is 0 Å². The molecular weight excluding hydrogens is 441 g/mol. The quantitative estimate of drug-likeness (QED) is 0.395. The van der Waals surface area contributed by atoms with Crippen molar-refractivity contribution in [3.63, 3.8) is 0 Å². The summed E-state index contributed by atoms with van der Waals surface area (Å²) < 4.78 is 1.12. The van der Waals surface area contributed by atoms with E-state index in [9.17, 15) is 9.59 Å². The molecule has 2 amide bonds. The molecule has 0 heterocycles. The van der Waals surface area contributed by atoms with E-state index in [1.54, 1.807) is 30.5 Å². The third-order valence-corrected chi connectivity index (χ3v) is 3.91. The molecule has 7 heteroatoms. The van der Waals surface area contributed by atoms with Crippen molar-refractivity contribution in [3.8, 4) is 0 Å². The van der Waals surface area contributed by atoms with Crippen LogP contribution in [0, 0.1) is 3.57 Å². The Morgan fingerprint density at radius 2 is 1.79 bits per heavy atom. The Kier molecular flexibility index (Phi) is 7.20. The molecule has 0 saturated carbocycles. The van der Waals surface area contributed by atoms with Crippen LogP contribution in [0.3, 0.4) is 0 Å². The third kappa shape index (κ3) is 6.67. The lowest BCUT2D eigenvalue weighted by atomic mass is 10.2. The van der Waals surface area contributed by atoms with Crippen molar-refractivity contribution in [3.05, 3.63) is 62.7 Å². The molecule has 2 rings (SSSR count). The van der Waals surface area contributed by atoms with Gasteiger partial charge in [0.25, 0.3) is 0 Å². The van der Waals surface area contributed by atoms with Gasteiger partial charge in [-0.2, -0.15) is 5.10 Å². The molecule has 5 nitrogen and oxygen atoms in total. The number of hydrogen-bond donors (Lipinski definition) is 2. The molecule has 0 spiro atoms. The second-order valence-electron chi connectivity index (χ2n) is 4.90. The lowest BCUT2D eigenvalue weighted by Crippen LogP contribution is -2.20. The molecule has 0 atom stereocenters. The van der Waals surface area contributed by atoms with Crippen LogP contribution in [0.2, 0.25) is 5.02 Å². The Morgan fingerprint density at radius 3 is 2.50 bits per heavy atom. The molecule has 0 aromatic heterocycles. The summed E-state index contributed by atoms with van der Waals surface area (Å²) in [5.74, 6) is -0.577. The first-order valence-corrected chi connectivity index (χ1v) is 8.61. The average molecular weight is 456 g/mol. The molecule has 2 aromatic carbocycles. The molecule has 0 fully saturated rings. The highest BCUT2D eigenvalue weighted by atomic mass is 127. The third-order valence-electron chi connectivity index (χ3n) is 2.96. The van der Waals surface area contributed by atoms with E-state index in [0.29, 0.717) is 10.7 Å². The van der Waals surface area contributed by atoms with Crippen molar-refractivity contribution < 1.29 is 9.59 Å². The van der Waals surface area contributed by atoms with Gasteiger partial charge in [0.1, 0.15) is 0 Å². The van der Waals surface area contributed by atoms with Crippen molar-refractivity contribution in [1.29, 1.82) is 0 Å². The first-order valence-electron chi connectivity index (χ1n) is 7.16. The maximum atomic E-state index is 11.8. The molecule has 0 aliphatic carbocycles. The van der Waals surface area contributed by atoms with Crippen LogP contribution in [0.5, 0.6) is 0 Å². The zero-order valence-corrected chi connectivity index (χ0v) is 15.5. The zero-order valence-electron chi connectivity index (χ0n) is 12.6. The van der Waals surface area contributed by atoms with Gasteiger partial charge in [-0.15, -0.1) is 0 Å². The number of nitrogens with zero attached hydrogens (tertiary/aromatic N) is 1. The summed E-state index contributed by atoms with van der Waals surface area (Å²) in [5, 5.41) is 7.09. The second kappa shape index (κ2) is 9.39. The highest BCUT2D eigenvalue weighted by Crippen LogP contribution is 2.15. The molecule has 0 aliphatic heterocycles. The van der Waals surface area contributed by atoms with Crippen LogP contribution in [-0.2, 0) is 9.59 Å². The van der Waals surface area contributed by atoms with Gasteiger partial charge in [-0.25, -0.2) is 5.43 Å². The number of anilines is 1. The monoisotopic (exact) mass is 455 g/mol. The van der Waals surface area contributed by atoms with Crippen LogP contribution in [0.4, 0.5) is 5.69 Å². The summed E-state index contributed by atoms with van der Waals surface area (Å²) in [6.45, 7) is 0. The van der Waals surface area contributed by atoms with Crippen LogP contribution in [0.1, 0.15) is 18.4 Å². The van der Waals surface area contributed by atoms with Gasteiger partial charge in [0, 0.05) is 27.1 Å². The van der Waals surface area contributed by atoms with E-state index in [1.165, 1.54) is 0 Å². The van der Waals surface area contributed by atoms with Gasteiger partial charge in [-0.3, -0.25) is 9.59 Å². The number of nitrogens with one attached hydrogen (secondary N) is 2. The number of hydrogen-bond acceptors (Lipinski definition) is 3. The molecule has 2 aromatic rings. The summed E-state index contributed by atoms with van der Waals surface area (Å²) in [6, 6.07) is 14.5. The zero-order chi connectivity index (χ0) is 17.4. The maximum absolute atomic E-state index is 11.8. The molecule has 0 aliphatic rings. The van der Waals surface area contributed by atoms with Crippen molar-refractivity contribution in [1.82, 2.24) is 5.43 Å². The fourth-order valence-electron chi connectivity index (χ4n) is 1.80. The van der Waals surface area contributed by atoms with Gasteiger partial charge < -0.3 is 5.32 Å². The predicted molar refractivity (Wildman–Crippen MR) is 104 cm³/mol. The Morgan fingerprint density at radius 1 is 1.08 bits per heavy atom. The number of halogens is 2. The lowest BCUT2D eigenvalue weighted by Gasteiger charge is -2.05. The SMILES string of the molecule is O=C(CCC(=O)Nc1cccc(Cl)c1)N/N=C\c1ccc(I)cc1. The average Bonchev–Trinajstić information content (AvgIpc) is 2.55. The number of carbonyl (C=O) groups excluding carboxylic acids is 2. The van der Waals surface area contributed by atoms with Crippen LogP contribution >= 0.6 is 34.2 Å². The van der Waals surface area contributed by atoms with Gasteiger partial charge in [-0.1, -0.05) is 29.8 Å². The van der Waals surface area contributed by atoms with E-state index in [-0.39, 0.29) is 24.7 Å². The highest BCUT2D eigenvalue weighted by molar-refractivity contribution is 14.1. The number of rotatable bonds is 6. The van der Waals surface area contributed by atoms with Crippen LogP contribution in [0.25, 0.3) is 0 Å². The normalized spacial score (nSPS) is 10.6. The van der Waals surface area contributed by atoms with Crippen molar-refractivity contribution in [2.24, 2.45) is 5.10 Å². The van der Waals surface area contributed by atoms with Crippen molar-refractivity contribution >= 4 is 57.9 Å². The van der Waals surface area contributed by atoms with E-state index in [1.807, 2.05) is 24.3 Å². The summed E-state index contributed by atoms with van der Waals surface area (Å²) in [5.41, 5.74) is 3.89. The van der Waals surface area contributed by atoms with Crippen molar-refractivity contribution in [2.45, 2.75) is 12.8 Å². The molecule has 0 saturated heterocycles. The lowest BCUT2D eigenvalue weighted by molar-refractivity contribution is -0.124. The number of hydrazone groups is 1. The van der Waals surface area contributed by atoms with E-state index in [0.717, 1.165) is 9.13 Å². The summed E-state index contributed by atoms with van der Waals surface area (Å²) >= 11 is 8.05. The highest BCUT2D eigenvalue weighted by Gasteiger charge is 2.06. The van der Waals surface area contributed by atoms with E-state index >= 15 is 0 Å². The van der Waals surface area contributed by atoms with Gasteiger partial charge in [0.05, 0.1) is 6.21 Å². The molecular formula is C17H15ClIN3O2. The fourth-order valence-corrected chi connectivity index (χ4v) is 2.35. The van der Waals surface area contributed by atoms with E-state index in [2.05, 4.69) is 38.4 Å². The number of carbonyl (C=O) groups is 2. The standard InChI is InChI=1S/C17H15ClIN3O2/c18-13-2-1-3-15(10-13)21-16(23)8-9-17(24)22-20-11-12-4-6-14(19)7-5-12/h1-7,10-11H,8-9H2,(H,21,23)(H,22,24)/b20-11-. The predicted octanol–water partition coefficient (Wildman–Crippen LogP) is 3.81. The van der Waals surface area contributed by atoms with Crippen molar-refractivity contribution in [2.75, 3.05) is 5.32 Å². The molecule has 0 unspecified atom stereocenters. The van der Waals surface area contributed by atoms with Crippen LogP contribution in [0.15, 0.2) is 53.6 Å². The minimum Gasteiger partial charge on any atom is -0.326 e. The summed E-state index contributed by atoms with van der Waals surface area (Å²) in [6.07, 6.45) is 1.67. The van der Waals surface area contributed by atoms with E-state index < -0.39 is 0 Å². The molecule has 124 valence electrons. The number of amides is 2. The first-order chi connectivity index (χ1) is 11.5. The van der Waals surface area contributed by atoms with Crippen LogP contribution < -0.4 is 10.7 Å². The minimum absolute atomic E-state index is 0.0520. The molecule has 24 heavy (non-hydrogen) atoms. The maximum Gasteiger partial charge on any atom is 0.240 e. The fraction of sp³-hybridized carbons (Fsp3) is 0.118. The number of benzene rings is 2. The largest absolute Gasteiger partial charge is 0.326 e. The van der Waals surface area contributed by atoms with Gasteiger partial charge >= 0.3 is 0 Å². The van der Waals surface area contributed by atoms with E-state index in [4.69, 9.17) is 11.6 Å².